The van der Waals surface area contributed by atoms with E-state index in [1.54, 1.807) is 11.3 Å². The van der Waals surface area contributed by atoms with Gasteiger partial charge in [0.2, 0.25) is 0 Å². The van der Waals surface area contributed by atoms with Crippen molar-refractivity contribution in [1.82, 2.24) is 4.98 Å². The van der Waals surface area contributed by atoms with Crippen LogP contribution in [-0.2, 0) is 5.41 Å². The standard InChI is InChI=1S/C17H22N2OS/c1-5-12-9-18-13-8-11(6-7-14(13)20-12)16-19-15(10-21-16)17(2,3)4/h6-8,10,12,18H,5,9H2,1-4H3. The van der Waals surface area contributed by atoms with Crippen LogP contribution in [0.2, 0.25) is 0 Å². The van der Waals surface area contributed by atoms with Gasteiger partial charge in [-0.05, 0) is 24.6 Å². The number of anilines is 1. The lowest BCUT2D eigenvalue weighted by Crippen LogP contribution is -2.29. The van der Waals surface area contributed by atoms with Crippen LogP contribution in [0.5, 0.6) is 5.75 Å². The molecule has 0 amide bonds. The van der Waals surface area contributed by atoms with Gasteiger partial charge in [-0.25, -0.2) is 4.98 Å². The van der Waals surface area contributed by atoms with Crippen molar-refractivity contribution in [3.8, 4) is 16.3 Å². The minimum atomic E-state index is 0.0959. The van der Waals surface area contributed by atoms with Crippen LogP contribution in [0.15, 0.2) is 23.6 Å². The molecule has 0 saturated carbocycles. The van der Waals surface area contributed by atoms with Gasteiger partial charge in [0.1, 0.15) is 16.9 Å². The Bertz CT molecular complexity index is 642. The van der Waals surface area contributed by atoms with Gasteiger partial charge in [0.15, 0.2) is 0 Å². The molecule has 21 heavy (non-hydrogen) atoms. The van der Waals surface area contributed by atoms with Gasteiger partial charge >= 0.3 is 0 Å². The monoisotopic (exact) mass is 302 g/mol. The Balaban J connectivity index is 1.89. The fourth-order valence-corrected chi connectivity index (χ4v) is 3.37. The molecule has 0 bridgehead atoms. The molecule has 3 rings (SSSR count). The van der Waals surface area contributed by atoms with E-state index in [4.69, 9.17) is 9.72 Å². The van der Waals surface area contributed by atoms with Crippen molar-refractivity contribution < 1.29 is 4.74 Å². The van der Waals surface area contributed by atoms with E-state index < -0.39 is 0 Å². The molecule has 1 aliphatic heterocycles. The second-order valence-electron chi connectivity index (χ2n) is 6.53. The predicted octanol–water partition coefficient (Wildman–Crippen LogP) is 4.69. The third-order valence-electron chi connectivity index (χ3n) is 3.77. The maximum atomic E-state index is 5.95. The minimum Gasteiger partial charge on any atom is -0.486 e. The molecule has 1 aliphatic rings. The Kier molecular flexibility index (Phi) is 3.66. The normalized spacial score (nSPS) is 17.8. The van der Waals surface area contributed by atoms with Crippen molar-refractivity contribution in [2.24, 2.45) is 0 Å². The molecule has 1 aromatic carbocycles. The van der Waals surface area contributed by atoms with Gasteiger partial charge < -0.3 is 10.1 Å². The van der Waals surface area contributed by atoms with E-state index in [9.17, 15) is 0 Å². The third kappa shape index (κ3) is 2.91. The first-order chi connectivity index (χ1) is 9.97. The average molecular weight is 302 g/mol. The molecule has 1 aromatic heterocycles. The lowest BCUT2D eigenvalue weighted by molar-refractivity contribution is 0.202. The molecule has 0 spiro atoms. The van der Waals surface area contributed by atoms with Crippen LogP contribution in [0.1, 0.15) is 39.8 Å². The van der Waals surface area contributed by atoms with E-state index >= 15 is 0 Å². The largest absolute Gasteiger partial charge is 0.486 e. The molecule has 0 fully saturated rings. The first kappa shape index (κ1) is 14.4. The molecule has 4 heteroatoms. The Morgan fingerprint density at radius 1 is 1.38 bits per heavy atom. The highest BCUT2D eigenvalue weighted by atomic mass is 32.1. The van der Waals surface area contributed by atoms with E-state index in [0.29, 0.717) is 0 Å². The number of aromatic nitrogens is 1. The van der Waals surface area contributed by atoms with Gasteiger partial charge in [0, 0.05) is 16.4 Å². The van der Waals surface area contributed by atoms with Gasteiger partial charge in [-0.2, -0.15) is 0 Å². The van der Waals surface area contributed by atoms with Gasteiger partial charge in [0.25, 0.3) is 0 Å². The Morgan fingerprint density at radius 3 is 2.86 bits per heavy atom. The zero-order chi connectivity index (χ0) is 15.0. The Morgan fingerprint density at radius 2 is 2.19 bits per heavy atom. The fourth-order valence-electron chi connectivity index (χ4n) is 2.33. The molecular weight excluding hydrogens is 280 g/mol. The lowest BCUT2D eigenvalue weighted by atomic mass is 9.93. The first-order valence-electron chi connectivity index (χ1n) is 7.48. The summed E-state index contributed by atoms with van der Waals surface area (Å²) in [5, 5.41) is 6.69. The highest BCUT2D eigenvalue weighted by Gasteiger charge is 2.20. The number of rotatable bonds is 2. The molecule has 2 aromatic rings. The van der Waals surface area contributed by atoms with Crippen molar-refractivity contribution in [1.29, 1.82) is 0 Å². The van der Waals surface area contributed by atoms with Crippen molar-refractivity contribution >= 4 is 17.0 Å². The van der Waals surface area contributed by atoms with Gasteiger partial charge in [0.05, 0.1) is 17.9 Å². The predicted molar refractivity (Wildman–Crippen MR) is 89.4 cm³/mol. The third-order valence-corrected chi connectivity index (χ3v) is 4.66. The Hall–Kier alpha value is -1.55. The number of thiazole rings is 1. The number of hydrogen-bond acceptors (Lipinski definition) is 4. The van der Waals surface area contributed by atoms with E-state index in [0.717, 1.165) is 40.7 Å². The van der Waals surface area contributed by atoms with Gasteiger partial charge in [-0.15, -0.1) is 11.3 Å². The summed E-state index contributed by atoms with van der Waals surface area (Å²) in [5.41, 5.74) is 3.47. The summed E-state index contributed by atoms with van der Waals surface area (Å²) in [6, 6.07) is 6.30. The zero-order valence-electron chi connectivity index (χ0n) is 13.1. The molecular formula is C17H22N2OS. The highest BCUT2D eigenvalue weighted by molar-refractivity contribution is 7.13. The van der Waals surface area contributed by atoms with E-state index in [2.05, 4.69) is 56.6 Å². The summed E-state index contributed by atoms with van der Waals surface area (Å²) in [6.45, 7) is 9.60. The van der Waals surface area contributed by atoms with Crippen LogP contribution in [0.3, 0.4) is 0 Å². The second-order valence-corrected chi connectivity index (χ2v) is 7.39. The van der Waals surface area contributed by atoms with E-state index in [1.165, 1.54) is 0 Å². The van der Waals surface area contributed by atoms with Crippen LogP contribution in [-0.4, -0.2) is 17.6 Å². The number of benzene rings is 1. The molecule has 0 radical (unpaired) electrons. The summed E-state index contributed by atoms with van der Waals surface area (Å²) < 4.78 is 5.95. The molecule has 1 unspecified atom stereocenters. The van der Waals surface area contributed by atoms with Crippen LogP contribution < -0.4 is 10.1 Å². The number of fused-ring (bicyclic) bond motifs is 1. The Labute approximate surface area is 130 Å². The number of ether oxygens (including phenoxy) is 1. The summed E-state index contributed by atoms with van der Waals surface area (Å²) in [5.74, 6) is 0.949. The molecule has 1 N–H and O–H groups in total. The summed E-state index contributed by atoms with van der Waals surface area (Å²) in [4.78, 5) is 4.78. The van der Waals surface area contributed by atoms with Crippen LogP contribution in [0.4, 0.5) is 5.69 Å². The lowest BCUT2D eigenvalue weighted by Gasteiger charge is -2.26. The van der Waals surface area contributed by atoms with Gasteiger partial charge in [-0.1, -0.05) is 27.7 Å². The summed E-state index contributed by atoms with van der Waals surface area (Å²) in [7, 11) is 0. The van der Waals surface area contributed by atoms with Crippen LogP contribution >= 0.6 is 11.3 Å². The quantitative estimate of drug-likeness (QED) is 0.874. The number of nitrogens with one attached hydrogen (secondary N) is 1. The molecule has 3 nitrogen and oxygen atoms in total. The van der Waals surface area contributed by atoms with E-state index in [1.807, 2.05) is 0 Å². The highest BCUT2D eigenvalue weighted by Crippen LogP contribution is 2.36. The average Bonchev–Trinajstić information content (AvgIpc) is 2.96. The summed E-state index contributed by atoms with van der Waals surface area (Å²) >= 11 is 1.71. The molecule has 2 heterocycles. The molecule has 112 valence electrons. The maximum absolute atomic E-state index is 5.95. The smallest absolute Gasteiger partial charge is 0.142 e. The van der Waals surface area contributed by atoms with Crippen LogP contribution in [0.25, 0.3) is 10.6 Å². The first-order valence-corrected chi connectivity index (χ1v) is 8.36. The zero-order valence-corrected chi connectivity index (χ0v) is 13.9. The SMILES string of the molecule is CCC1CNc2cc(-c3nc(C(C)(C)C)cs3)ccc2O1. The maximum Gasteiger partial charge on any atom is 0.142 e. The fraction of sp³-hybridized carbons (Fsp3) is 0.471. The van der Waals surface area contributed by atoms with Crippen LogP contribution in [0, 0.1) is 0 Å². The van der Waals surface area contributed by atoms with Crippen molar-refractivity contribution in [3.63, 3.8) is 0 Å². The van der Waals surface area contributed by atoms with Crippen molar-refractivity contribution in [2.45, 2.75) is 45.6 Å². The summed E-state index contributed by atoms with van der Waals surface area (Å²) in [6.07, 6.45) is 1.30. The number of hydrogen-bond donors (Lipinski definition) is 1. The van der Waals surface area contributed by atoms with Crippen molar-refractivity contribution in [3.05, 3.63) is 29.3 Å². The molecule has 0 saturated heterocycles. The molecule has 1 atom stereocenters. The molecule has 0 aliphatic carbocycles. The minimum absolute atomic E-state index is 0.0959. The number of nitrogens with zero attached hydrogens (tertiary/aromatic N) is 1. The van der Waals surface area contributed by atoms with E-state index in [-0.39, 0.29) is 11.5 Å². The second kappa shape index (κ2) is 5.34. The topological polar surface area (TPSA) is 34.2 Å². The van der Waals surface area contributed by atoms with Gasteiger partial charge in [-0.3, -0.25) is 0 Å². The van der Waals surface area contributed by atoms with Crippen molar-refractivity contribution in [2.75, 3.05) is 11.9 Å².